The lowest BCUT2D eigenvalue weighted by atomic mass is 9.85. The smallest absolute Gasteiger partial charge is 0.00966 e. The molecule has 0 radical (unpaired) electrons. The Morgan fingerprint density at radius 3 is 2.40 bits per heavy atom. The molecule has 1 fully saturated rings. The molecule has 0 aromatic rings. The van der Waals surface area contributed by atoms with E-state index in [1.54, 1.807) is 0 Å². The molecule has 1 saturated carbocycles. The second-order valence-corrected chi connectivity index (χ2v) is 5.83. The molecule has 1 unspecified atom stereocenters. The molecule has 0 heterocycles. The quantitative estimate of drug-likeness (QED) is 0.703. The van der Waals surface area contributed by atoms with Crippen LogP contribution in [0.2, 0.25) is 0 Å². The van der Waals surface area contributed by atoms with Crippen LogP contribution in [0.4, 0.5) is 0 Å². The van der Waals surface area contributed by atoms with Crippen LogP contribution in [0.1, 0.15) is 53.4 Å². The Hall–Kier alpha value is -0.0800. The minimum Gasteiger partial charge on any atom is -0.327 e. The van der Waals surface area contributed by atoms with Gasteiger partial charge in [0.1, 0.15) is 0 Å². The third-order valence-corrected chi connectivity index (χ3v) is 3.71. The molecule has 1 aliphatic carbocycles. The number of hydrogen-bond donors (Lipinski definition) is 1. The van der Waals surface area contributed by atoms with Gasteiger partial charge in [0.2, 0.25) is 0 Å². The first kappa shape index (κ1) is 13.0. The van der Waals surface area contributed by atoms with Crippen LogP contribution in [0.15, 0.2) is 0 Å². The van der Waals surface area contributed by atoms with Crippen molar-refractivity contribution in [3.63, 3.8) is 0 Å². The van der Waals surface area contributed by atoms with Gasteiger partial charge < -0.3 is 5.73 Å². The zero-order valence-corrected chi connectivity index (χ0v) is 10.9. The van der Waals surface area contributed by atoms with E-state index in [4.69, 9.17) is 5.73 Å². The third kappa shape index (κ3) is 4.12. The number of hydrogen-bond acceptors (Lipinski definition) is 2. The average Bonchev–Trinajstić information content (AvgIpc) is 2.94. The van der Waals surface area contributed by atoms with Crippen LogP contribution in [-0.2, 0) is 0 Å². The molecular weight excluding hydrogens is 184 g/mol. The summed E-state index contributed by atoms with van der Waals surface area (Å²) in [6.45, 7) is 11.4. The van der Waals surface area contributed by atoms with Crippen LogP contribution in [-0.4, -0.2) is 30.1 Å². The van der Waals surface area contributed by atoms with E-state index < -0.39 is 0 Å². The monoisotopic (exact) mass is 212 g/mol. The molecule has 0 saturated heterocycles. The Kier molecular flexibility index (Phi) is 4.60. The van der Waals surface area contributed by atoms with Crippen LogP contribution >= 0.6 is 0 Å². The van der Waals surface area contributed by atoms with E-state index in [0.717, 1.165) is 12.6 Å². The number of unbranched alkanes of at least 4 members (excludes halogenated alkanes) is 1. The molecule has 1 rings (SSSR count). The van der Waals surface area contributed by atoms with Gasteiger partial charge in [0, 0.05) is 18.6 Å². The van der Waals surface area contributed by atoms with Gasteiger partial charge >= 0.3 is 0 Å². The number of rotatable bonds is 7. The minimum absolute atomic E-state index is 0.246. The van der Waals surface area contributed by atoms with Crippen LogP contribution in [0, 0.1) is 5.41 Å². The summed E-state index contributed by atoms with van der Waals surface area (Å²) in [4.78, 5) is 2.66. The number of nitrogens with zero attached hydrogens (tertiary/aromatic N) is 1. The lowest BCUT2D eigenvalue weighted by Gasteiger charge is -2.35. The molecule has 0 spiro atoms. The van der Waals surface area contributed by atoms with Crippen molar-refractivity contribution >= 4 is 0 Å². The summed E-state index contributed by atoms with van der Waals surface area (Å²) in [5.41, 5.74) is 6.29. The lowest BCUT2D eigenvalue weighted by molar-refractivity contribution is 0.148. The summed E-state index contributed by atoms with van der Waals surface area (Å²) in [7, 11) is 0. The first-order chi connectivity index (χ1) is 6.97. The molecule has 1 atom stereocenters. The highest BCUT2D eigenvalue weighted by Crippen LogP contribution is 2.31. The zero-order valence-electron chi connectivity index (χ0n) is 10.9. The Morgan fingerprint density at radius 1 is 1.40 bits per heavy atom. The fourth-order valence-corrected chi connectivity index (χ4v) is 1.86. The van der Waals surface area contributed by atoms with E-state index in [2.05, 4.69) is 32.6 Å². The highest BCUT2D eigenvalue weighted by atomic mass is 15.2. The second-order valence-electron chi connectivity index (χ2n) is 5.83. The predicted molar refractivity (Wildman–Crippen MR) is 66.9 cm³/mol. The maximum absolute atomic E-state index is 6.04. The van der Waals surface area contributed by atoms with E-state index >= 15 is 0 Å². The van der Waals surface area contributed by atoms with Crippen LogP contribution in [0.25, 0.3) is 0 Å². The topological polar surface area (TPSA) is 29.3 Å². The van der Waals surface area contributed by atoms with Crippen molar-refractivity contribution < 1.29 is 0 Å². The number of nitrogens with two attached hydrogens (primary N) is 1. The Morgan fingerprint density at radius 2 is 2.00 bits per heavy atom. The molecule has 0 bridgehead atoms. The molecule has 0 amide bonds. The van der Waals surface area contributed by atoms with Gasteiger partial charge in [-0.25, -0.2) is 0 Å². The molecule has 0 aromatic carbocycles. The van der Waals surface area contributed by atoms with E-state index in [1.165, 1.54) is 32.2 Å². The fourth-order valence-electron chi connectivity index (χ4n) is 1.86. The molecule has 2 nitrogen and oxygen atoms in total. The van der Waals surface area contributed by atoms with Crippen molar-refractivity contribution in [2.24, 2.45) is 11.1 Å². The standard InChI is InChI=1S/C13H28N2/c1-5-6-9-15(12-7-8-12)10-13(3,4)11(2)14/h11-12H,5-10,14H2,1-4H3. The fraction of sp³-hybridized carbons (Fsp3) is 1.00. The van der Waals surface area contributed by atoms with Gasteiger partial charge in [0.25, 0.3) is 0 Å². The largest absolute Gasteiger partial charge is 0.327 e. The van der Waals surface area contributed by atoms with Crippen molar-refractivity contribution in [3.8, 4) is 0 Å². The van der Waals surface area contributed by atoms with Gasteiger partial charge in [-0.3, -0.25) is 4.90 Å². The van der Waals surface area contributed by atoms with Gasteiger partial charge in [0.15, 0.2) is 0 Å². The van der Waals surface area contributed by atoms with E-state index in [9.17, 15) is 0 Å². The Bertz CT molecular complexity index is 183. The molecule has 15 heavy (non-hydrogen) atoms. The summed E-state index contributed by atoms with van der Waals surface area (Å²) in [6, 6.07) is 1.15. The molecule has 90 valence electrons. The van der Waals surface area contributed by atoms with Crippen LogP contribution < -0.4 is 5.73 Å². The highest BCUT2D eigenvalue weighted by Gasteiger charge is 2.33. The van der Waals surface area contributed by atoms with Crippen molar-refractivity contribution in [3.05, 3.63) is 0 Å². The van der Waals surface area contributed by atoms with Gasteiger partial charge in [0.05, 0.1) is 0 Å². The highest BCUT2D eigenvalue weighted by molar-refractivity contribution is 4.89. The van der Waals surface area contributed by atoms with Gasteiger partial charge in [-0.2, -0.15) is 0 Å². The molecule has 0 aliphatic heterocycles. The van der Waals surface area contributed by atoms with Crippen LogP contribution in [0.5, 0.6) is 0 Å². The summed E-state index contributed by atoms with van der Waals surface area (Å²) in [6.07, 6.45) is 5.42. The SMILES string of the molecule is CCCCN(CC(C)(C)C(C)N)C1CC1. The van der Waals surface area contributed by atoms with E-state index in [-0.39, 0.29) is 11.5 Å². The summed E-state index contributed by atoms with van der Waals surface area (Å²) in [5, 5.41) is 0. The normalized spacial score (nSPS) is 19.6. The average molecular weight is 212 g/mol. The summed E-state index contributed by atoms with van der Waals surface area (Å²) >= 11 is 0. The molecular formula is C13H28N2. The first-order valence-electron chi connectivity index (χ1n) is 6.47. The maximum Gasteiger partial charge on any atom is 0.00966 e. The van der Waals surface area contributed by atoms with Crippen molar-refractivity contribution in [2.75, 3.05) is 13.1 Å². The molecule has 0 aromatic heterocycles. The minimum atomic E-state index is 0.246. The van der Waals surface area contributed by atoms with E-state index in [1.807, 2.05) is 0 Å². The Balaban J connectivity index is 2.42. The van der Waals surface area contributed by atoms with Gasteiger partial charge in [-0.1, -0.05) is 27.2 Å². The third-order valence-electron chi connectivity index (χ3n) is 3.71. The van der Waals surface area contributed by atoms with Gasteiger partial charge in [-0.05, 0) is 38.1 Å². The van der Waals surface area contributed by atoms with Crippen molar-refractivity contribution in [1.82, 2.24) is 4.90 Å². The molecule has 2 heteroatoms. The predicted octanol–water partition coefficient (Wildman–Crippen LogP) is 2.62. The van der Waals surface area contributed by atoms with Crippen molar-refractivity contribution in [2.45, 2.75) is 65.5 Å². The zero-order chi connectivity index (χ0) is 11.5. The van der Waals surface area contributed by atoms with Crippen LogP contribution in [0.3, 0.4) is 0 Å². The summed E-state index contributed by atoms with van der Waals surface area (Å²) < 4.78 is 0. The second kappa shape index (κ2) is 5.31. The van der Waals surface area contributed by atoms with Gasteiger partial charge in [-0.15, -0.1) is 0 Å². The molecule has 1 aliphatic rings. The first-order valence-corrected chi connectivity index (χ1v) is 6.47. The Labute approximate surface area is 95.2 Å². The maximum atomic E-state index is 6.04. The van der Waals surface area contributed by atoms with Crippen molar-refractivity contribution in [1.29, 1.82) is 0 Å². The van der Waals surface area contributed by atoms with E-state index in [0.29, 0.717) is 0 Å². The summed E-state index contributed by atoms with van der Waals surface area (Å²) in [5.74, 6) is 0. The molecule has 2 N–H and O–H groups in total. The lowest BCUT2D eigenvalue weighted by Crippen LogP contribution is -2.45.